The van der Waals surface area contributed by atoms with Crippen molar-refractivity contribution in [2.45, 2.75) is 63.6 Å². The Morgan fingerprint density at radius 3 is 1.56 bits per heavy atom. The fourth-order valence-electron chi connectivity index (χ4n) is 2.28. The van der Waals surface area contributed by atoms with Gasteiger partial charge in [0, 0.05) is 43.1 Å². The summed E-state index contributed by atoms with van der Waals surface area (Å²) in [6, 6.07) is 0. The van der Waals surface area contributed by atoms with Gasteiger partial charge in [-0.05, 0) is 20.3 Å². The number of hydrogen-bond donors (Lipinski definition) is 4. The van der Waals surface area contributed by atoms with Crippen LogP contribution >= 0.6 is 74.5 Å². The molecule has 2 saturated heterocycles. The van der Waals surface area contributed by atoms with Crippen LogP contribution in [0.5, 0.6) is 0 Å². The maximum absolute atomic E-state index is 11.0. The number of hydrogen-bond acceptors (Lipinski definition) is 8. The van der Waals surface area contributed by atoms with E-state index in [2.05, 4.69) is 79.2 Å². The summed E-state index contributed by atoms with van der Waals surface area (Å²) in [6.07, 6.45) is -1.70. The average molecular weight is 955 g/mol. The number of rotatable bonds is 2. The Morgan fingerprint density at radius 2 is 1.41 bits per heavy atom. The van der Waals surface area contributed by atoms with Crippen LogP contribution in [0, 0.1) is 5.92 Å². The fourth-order valence-corrected chi connectivity index (χ4v) is 2.28. The Morgan fingerprint density at radius 1 is 1.04 bits per heavy atom. The van der Waals surface area contributed by atoms with Gasteiger partial charge in [-0.25, -0.2) is 9.59 Å². The summed E-state index contributed by atoms with van der Waals surface area (Å²) < 4.78 is 9.40. The molecule has 0 radical (unpaired) electrons. The van der Waals surface area contributed by atoms with E-state index in [1.165, 1.54) is 6.92 Å². The summed E-state index contributed by atoms with van der Waals surface area (Å²) in [5, 5.41) is 36.4. The van der Waals surface area contributed by atoms with Gasteiger partial charge < -0.3 is 29.9 Å². The zero-order valence-electron chi connectivity index (χ0n) is 15.0. The van der Waals surface area contributed by atoms with Crippen LogP contribution in [-0.2, 0) is 19.1 Å². The first-order chi connectivity index (χ1) is 12.4. The number of cyclic esters (lactones) is 2. The van der Waals surface area contributed by atoms with Crippen molar-refractivity contribution in [2.75, 3.05) is 6.61 Å². The second-order valence-electron chi connectivity index (χ2n) is 6.06. The third-order valence-corrected chi connectivity index (χ3v) is 4.30. The minimum atomic E-state index is -1.88. The summed E-state index contributed by atoms with van der Waals surface area (Å²) in [5.41, 5.74) is -3.16. The Kier molecular flexibility index (Phi) is 17.9. The Bertz CT molecular complexity index is 423. The minimum absolute atomic E-state index is 0.0972. The van der Waals surface area contributed by atoms with Crippen LogP contribution in [0.15, 0.2) is 0 Å². The summed E-state index contributed by atoms with van der Waals surface area (Å²) in [4.78, 5) is 21.7. The molecule has 8 nitrogen and oxygen atoms in total. The van der Waals surface area contributed by atoms with Crippen LogP contribution in [0.25, 0.3) is 0 Å². The van der Waals surface area contributed by atoms with Gasteiger partial charge in [-0.15, -0.1) is 0 Å². The first-order valence-electron chi connectivity index (χ1n) is 7.58. The average Bonchev–Trinajstić information content (AvgIpc) is 2.95. The van der Waals surface area contributed by atoms with Gasteiger partial charge in [0.05, 0.1) is 6.61 Å². The van der Waals surface area contributed by atoms with Gasteiger partial charge in [-0.2, -0.15) is 0 Å². The van der Waals surface area contributed by atoms with Gasteiger partial charge in [0.15, 0.2) is 17.3 Å². The summed E-state index contributed by atoms with van der Waals surface area (Å²) in [5.74, 6) is -1.49. The van der Waals surface area contributed by atoms with Crippen LogP contribution < -0.4 is 13.3 Å². The van der Waals surface area contributed by atoms with Crippen molar-refractivity contribution in [3.8, 4) is 0 Å². The number of carbonyl (C=O) groups is 2. The SMILES string of the molecule is CC[C@H]1OC(=O)[C@@](C)(O)[C@@H]1C.C[C@@]1(O)C(=O)O[C@H](CO)[C@H]1O.II.I[I-]I. The van der Waals surface area contributed by atoms with E-state index in [1.54, 1.807) is 0 Å². The summed E-state index contributed by atoms with van der Waals surface area (Å²) >= 11 is 9.54. The van der Waals surface area contributed by atoms with E-state index in [1.807, 2.05) is 13.8 Å². The normalized spacial score (nSPS) is 37.0. The quantitative estimate of drug-likeness (QED) is 0.211. The van der Waals surface area contributed by atoms with E-state index in [0.717, 1.165) is 13.3 Å². The zero-order valence-corrected chi connectivity index (χ0v) is 25.8. The van der Waals surface area contributed by atoms with Gasteiger partial charge in [-0.3, -0.25) is 0 Å². The molecule has 0 aromatic rings. The maximum atomic E-state index is 11.0. The van der Waals surface area contributed by atoms with Gasteiger partial charge in [0.1, 0.15) is 12.2 Å². The molecule has 0 bridgehead atoms. The summed E-state index contributed by atoms with van der Waals surface area (Å²) in [7, 11) is 0. The van der Waals surface area contributed by atoms with Crippen molar-refractivity contribution in [1.29, 1.82) is 0 Å². The third-order valence-electron chi connectivity index (χ3n) is 4.30. The first kappa shape index (κ1) is 31.6. The molecule has 0 spiro atoms. The van der Waals surface area contributed by atoms with E-state index in [-0.39, 0.29) is 12.0 Å². The second kappa shape index (κ2) is 15.3. The standard InChI is InChI=1S/C8H14O3.C6H10O5.I3.I2/c1-4-6-5(2)8(3,10)7(9)11-6;1-6(10)4(8)3(2-7)11-5(6)9;1-3-2;1-2/h5-6,10H,4H2,1-3H3;3-4,7-8,10H,2H2,1H3;;/q;;-1;/t5-,6-,8+;3-,4-,6+;;/m11../s1. The van der Waals surface area contributed by atoms with Crippen molar-refractivity contribution in [1.82, 2.24) is 0 Å². The molecule has 0 saturated carbocycles. The third kappa shape index (κ3) is 9.21. The molecule has 0 unspecified atom stereocenters. The number of halogens is 5. The number of aliphatic hydroxyl groups is 4. The molecule has 2 rings (SSSR count). The van der Waals surface area contributed by atoms with Crippen molar-refractivity contribution in [2.24, 2.45) is 5.92 Å². The Balaban J connectivity index is 0. The van der Waals surface area contributed by atoms with E-state index in [9.17, 15) is 19.8 Å². The molecule has 0 aromatic heterocycles. The molecule has 2 aliphatic rings. The molecule has 27 heavy (non-hydrogen) atoms. The van der Waals surface area contributed by atoms with E-state index in [0.29, 0.717) is 13.3 Å². The van der Waals surface area contributed by atoms with Crippen LogP contribution in [0.1, 0.15) is 34.1 Å². The predicted octanol–water partition coefficient (Wildman–Crippen LogP) is -0.728. The van der Waals surface area contributed by atoms with E-state index < -0.39 is 42.0 Å². The number of ether oxygens (including phenoxy) is 2. The zero-order chi connectivity index (χ0) is 22.0. The molecular weight excluding hydrogens is 931 g/mol. The molecule has 164 valence electrons. The molecule has 0 amide bonds. The molecule has 6 atom stereocenters. The topological polar surface area (TPSA) is 134 Å². The van der Waals surface area contributed by atoms with Gasteiger partial charge >= 0.3 is 62.4 Å². The van der Waals surface area contributed by atoms with Crippen LogP contribution in [0.3, 0.4) is 0 Å². The van der Waals surface area contributed by atoms with Crippen LogP contribution in [0.4, 0.5) is 0 Å². The van der Waals surface area contributed by atoms with Gasteiger partial charge in [-0.1, -0.05) is 13.8 Å². The number of aliphatic hydroxyl groups excluding tert-OH is 2. The molecule has 4 N–H and O–H groups in total. The Hall–Kier alpha value is 2.43. The van der Waals surface area contributed by atoms with Crippen LogP contribution in [0.2, 0.25) is 0 Å². The van der Waals surface area contributed by atoms with E-state index in [4.69, 9.17) is 14.9 Å². The second-order valence-corrected chi connectivity index (χ2v) is 22.3. The predicted molar refractivity (Wildman–Crippen MR) is 130 cm³/mol. The molecule has 2 aliphatic heterocycles. The van der Waals surface area contributed by atoms with Crippen molar-refractivity contribution in [3.63, 3.8) is 0 Å². The van der Waals surface area contributed by atoms with Crippen molar-refractivity contribution in [3.05, 3.63) is 0 Å². The molecule has 2 heterocycles. The fraction of sp³-hybridized carbons (Fsp3) is 0.857. The number of carbonyl (C=O) groups excluding carboxylic acids is 2. The first-order valence-corrected chi connectivity index (χ1v) is 26.4. The molecule has 0 aromatic carbocycles. The van der Waals surface area contributed by atoms with Crippen LogP contribution in [-0.4, -0.2) is 68.5 Å². The molecule has 2 fully saturated rings. The van der Waals surface area contributed by atoms with Crippen molar-refractivity contribution >= 4 is 86.4 Å². The van der Waals surface area contributed by atoms with Gasteiger partial charge in [0.2, 0.25) is 0 Å². The summed E-state index contributed by atoms with van der Waals surface area (Å²) in [6.45, 7) is 5.95. The molecule has 13 heteroatoms. The molecule has 0 aliphatic carbocycles. The van der Waals surface area contributed by atoms with Crippen molar-refractivity contribution < 1.29 is 52.7 Å². The monoisotopic (exact) mass is 955 g/mol. The Labute approximate surface area is 212 Å². The molecular formula is C14H24I5O8-. The van der Waals surface area contributed by atoms with Gasteiger partial charge in [0.25, 0.3) is 0 Å². The van der Waals surface area contributed by atoms with E-state index >= 15 is 0 Å². The number of esters is 2.